The van der Waals surface area contributed by atoms with Gasteiger partial charge in [-0.25, -0.2) is 37.9 Å². The van der Waals surface area contributed by atoms with Crippen molar-refractivity contribution in [3.63, 3.8) is 0 Å². The average Bonchev–Trinajstić information content (AvgIpc) is 1.59. The minimum atomic E-state index is -2.14. The molecule has 0 aliphatic rings. The highest BCUT2D eigenvalue weighted by Gasteiger charge is 2.42. The van der Waals surface area contributed by atoms with Crippen molar-refractivity contribution < 1.29 is 95.4 Å². The van der Waals surface area contributed by atoms with Crippen molar-refractivity contribution in [1.82, 2.24) is 43.0 Å². The zero-order chi connectivity index (χ0) is 104. The van der Waals surface area contributed by atoms with E-state index in [1.165, 1.54) is 33.8 Å². The number of aromatic nitrogens is 9. The number of aromatic hydroxyl groups is 1. The summed E-state index contributed by atoms with van der Waals surface area (Å²) in [7, 11) is -5.95. The number of rotatable bonds is 16. The number of phenols is 1. The first-order chi connectivity index (χ1) is 65.5. The topological polar surface area (TPSA) is 333 Å². The molecule has 29 nitrogen and oxygen atoms in total. The maximum atomic E-state index is 13.9. The van der Waals surface area contributed by atoms with Gasteiger partial charge in [0.05, 0.1) is 50.1 Å². The fourth-order valence-corrected chi connectivity index (χ4v) is 16.8. The van der Waals surface area contributed by atoms with Crippen LogP contribution in [0, 0.1) is 3.70 Å². The van der Waals surface area contributed by atoms with Gasteiger partial charge < -0.3 is 66.6 Å². The van der Waals surface area contributed by atoms with Gasteiger partial charge in [0.2, 0.25) is 16.6 Å². The van der Waals surface area contributed by atoms with E-state index in [1.54, 1.807) is 150 Å². The Morgan fingerprint density at radius 1 is 0.319 bits per heavy atom. The van der Waals surface area contributed by atoms with Gasteiger partial charge in [0.1, 0.15) is 103 Å². The maximum absolute atomic E-state index is 13.9. The summed E-state index contributed by atoms with van der Waals surface area (Å²) in [6.07, 6.45) is -3.63. The van der Waals surface area contributed by atoms with Crippen LogP contribution in [0.15, 0.2) is 218 Å². The van der Waals surface area contributed by atoms with Crippen LogP contribution in [-0.4, -0.2) is 152 Å². The number of hydrogen-bond donors (Lipinski definition) is 3. The largest absolute Gasteiger partial charge is 0.543 e. The molecule has 0 saturated heterocycles. The van der Waals surface area contributed by atoms with Crippen LogP contribution < -0.4 is 28.7 Å². The monoisotopic (exact) mass is 2070 g/mol. The minimum Gasteiger partial charge on any atom is -0.543 e. The van der Waals surface area contributed by atoms with E-state index in [4.69, 9.17) is 56.6 Å². The molecule has 0 amide bonds. The van der Waals surface area contributed by atoms with Crippen molar-refractivity contribution >= 4 is 154 Å². The molecule has 0 bridgehead atoms. The van der Waals surface area contributed by atoms with Crippen molar-refractivity contribution in [2.45, 2.75) is 256 Å². The summed E-state index contributed by atoms with van der Waals surface area (Å²) in [5.41, 5.74) is 3.83. The molecule has 744 valence electrons. The van der Waals surface area contributed by atoms with Gasteiger partial charge in [-0.05, 0) is 328 Å². The molecule has 33 heteroatoms. The summed E-state index contributed by atoms with van der Waals surface area (Å²) in [5.74, 6) is 3.35. The van der Waals surface area contributed by atoms with Crippen molar-refractivity contribution in [3.05, 3.63) is 239 Å². The molecule has 0 fully saturated rings. The van der Waals surface area contributed by atoms with Crippen molar-refractivity contribution in [3.8, 4) is 57.3 Å². The second-order valence-corrected chi connectivity index (χ2v) is 53.9. The van der Waals surface area contributed by atoms with Crippen LogP contribution in [0.4, 0.5) is 28.8 Å². The number of carbonyl (C=O) groups excluding carboxylic acids is 6. The van der Waals surface area contributed by atoms with Crippen LogP contribution >= 0.6 is 22.6 Å². The van der Waals surface area contributed by atoms with Gasteiger partial charge in [-0.15, -0.1) is 0 Å². The first-order valence-corrected chi connectivity index (χ1v) is 53.4. The summed E-state index contributed by atoms with van der Waals surface area (Å²) in [6.45, 7) is 55.3. The Morgan fingerprint density at radius 2 is 0.596 bits per heavy atom. The van der Waals surface area contributed by atoms with E-state index in [-0.39, 0.29) is 21.4 Å². The maximum Gasteiger partial charge on any atom is 0.506 e. The summed E-state index contributed by atoms with van der Waals surface area (Å²) in [5, 5.41) is 47.5. The molecule has 0 radical (unpaired) electrons. The predicted octanol–water partition coefficient (Wildman–Crippen LogP) is 26.2. The smallest absolute Gasteiger partial charge is 0.506 e. The number of nitrogens with zero attached hydrogens (tertiary/aromatic N) is 9. The van der Waals surface area contributed by atoms with E-state index < -0.39 is 93.9 Å². The predicted molar refractivity (Wildman–Crippen MR) is 565 cm³/mol. The third-order valence-corrected chi connectivity index (χ3v) is 32.1. The van der Waals surface area contributed by atoms with Crippen LogP contribution in [0.1, 0.15) is 183 Å². The Labute approximate surface area is 838 Å². The Kier molecular flexibility index (Phi) is 31.4. The third-order valence-electron chi connectivity index (χ3n) is 22.5. The van der Waals surface area contributed by atoms with Gasteiger partial charge >= 0.3 is 43.7 Å². The zero-order valence-corrected chi connectivity index (χ0v) is 89.8. The highest BCUT2D eigenvalue weighted by atomic mass is 127. The number of fused-ring (bicyclic) bond motifs is 6. The number of ether oxygens (including phenoxy) is 9. The summed E-state index contributed by atoms with van der Waals surface area (Å²) < 4.78 is 73.4. The Hall–Kier alpha value is -13.2. The number of phenolic OH excluding ortho intramolecular Hbond substituents is 1. The molecule has 0 saturated carbocycles. The van der Waals surface area contributed by atoms with Gasteiger partial charge in [-0.2, -0.15) is 29.3 Å². The molecule has 0 unspecified atom stereocenters. The molecule has 0 atom stereocenters. The molecule has 0 spiro atoms. The molecule has 6 aromatic heterocycles. The lowest BCUT2D eigenvalue weighted by molar-refractivity contribution is 0.0511. The molecular formula is C108H129BIN9O20Si2. The van der Waals surface area contributed by atoms with E-state index >= 15 is 0 Å². The first kappa shape index (κ1) is 107. The summed E-state index contributed by atoms with van der Waals surface area (Å²) in [6, 6.07) is 66.8. The lowest BCUT2D eigenvalue weighted by atomic mass is 9.86. The quantitative estimate of drug-likeness (QED) is 0.0459. The molecule has 15 aromatic rings. The van der Waals surface area contributed by atoms with Crippen LogP contribution in [0.25, 0.3) is 88.2 Å². The van der Waals surface area contributed by atoms with E-state index in [0.29, 0.717) is 114 Å². The lowest BCUT2D eigenvalue weighted by Gasteiger charge is -2.36. The third kappa shape index (κ3) is 27.1. The second-order valence-electron chi connectivity index (χ2n) is 43.4. The fraction of sp³-hybridized carbons (Fsp3) is 0.361. The Balaban J connectivity index is 0.000000174. The fourth-order valence-electron chi connectivity index (χ4n) is 14.2. The van der Waals surface area contributed by atoms with E-state index in [2.05, 4.69) is 101 Å². The molecule has 0 aliphatic carbocycles. The SMILES string of the molecule is CC(C)(C)OC(=O)n1c(B(O)O)cc2cc(O[Si](C)(C)C(C)(C)C)ccc21.CC(C)(C)OC(=O)n1nc(-c2cc3cc(O)ccc3n2C(=O)OC(C)(C)C)c2cc(OCc3ccccc3)ccc21.CC(C)(C)OC(=O)n1nc(-c2cc3cc(O[Si](C)(C)C(C)(C)C)ccc3n2C(=O)OC(C)(C)C)c2cc(OCc3ccccc3)ccc21.CC(C)(C)OC(=O)n1nc(I)c2cc(OCc3ccccc3)ccc21. The van der Waals surface area contributed by atoms with Crippen LogP contribution in [0.2, 0.25) is 36.3 Å². The van der Waals surface area contributed by atoms with Crippen molar-refractivity contribution in [1.29, 1.82) is 0 Å². The van der Waals surface area contributed by atoms with Gasteiger partial charge in [0.25, 0.3) is 0 Å². The molecular weight excluding hydrogens is 1940 g/mol. The molecule has 141 heavy (non-hydrogen) atoms. The summed E-state index contributed by atoms with van der Waals surface area (Å²) >= 11 is 2.11. The first-order valence-electron chi connectivity index (χ1n) is 46.5. The van der Waals surface area contributed by atoms with E-state index in [1.807, 2.05) is 187 Å². The average molecular weight is 2070 g/mol. The highest BCUT2D eigenvalue weighted by Crippen LogP contribution is 2.44. The minimum absolute atomic E-state index is 0.00324. The number of hydrogen-bond acceptors (Lipinski definition) is 23. The second kappa shape index (κ2) is 41.5. The number of carbonyl (C=O) groups is 6. The van der Waals surface area contributed by atoms with E-state index in [0.717, 1.165) is 42.7 Å². The Morgan fingerprint density at radius 3 is 0.929 bits per heavy atom. The van der Waals surface area contributed by atoms with Gasteiger partial charge in [0, 0.05) is 32.3 Å². The zero-order valence-electron chi connectivity index (χ0n) is 85.7. The van der Waals surface area contributed by atoms with Gasteiger partial charge in [-0.3, -0.25) is 4.57 Å². The van der Waals surface area contributed by atoms with Crippen LogP contribution in [0.5, 0.6) is 34.5 Å². The van der Waals surface area contributed by atoms with E-state index in [9.17, 15) is 43.9 Å². The molecule has 3 N–H and O–H groups in total. The standard InChI is InChI=1S/C38H47N3O6Si.C32H33N3O6.C19H30BNO5Si.C19H19IN2O3/c1-36(2,3)45-34(42)40-30-19-18-28(47-48(10,11)38(7,8)9)21-26(30)22-32(40)33-29-23-27(44-24-25-15-13-12-14-16-25)17-20-31(29)41(39-33)35(43)46-37(4,5)6;1-31(2,3)40-29(37)34-25-14-12-22(36)16-21(25)17-27(34)28-24-18-23(39-19-20-10-8-7-9-11-20)13-15-26(24)35(33-28)30(38)41-32(4,5)6;1-18(2,3)25-17(22)21-15-10-9-14(26-27(7,8)19(4,5)6)11-13(15)12-16(21)20(23)24;1-19(2,3)25-18(23)22-16-10-9-14(11-15(16)17(20)21-22)24-12-13-7-5-4-6-8-13/h12-23H,24H2,1-11H3;7-18,36H,19H2,1-6H3;9-12,23-24H,1-8H3;4-11H,12H2,1-3H3. The van der Waals surface area contributed by atoms with Crippen molar-refractivity contribution in [2.75, 3.05) is 0 Å². The lowest BCUT2D eigenvalue weighted by Crippen LogP contribution is -2.43. The molecule has 9 aromatic carbocycles. The Bertz CT molecular complexity index is 7100. The van der Waals surface area contributed by atoms with Crippen molar-refractivity contribution in [2.24, 2.45) is 0 Å². The normalized spacial score (nSPS) is 12.4. The van der Waals surface area contributed by atoms with Crippen LogP contribution in [-0.2, 0) is 48.2 Å². The number of benzene rings is 9. The van der Waals surface area contributed by atoms with Crippen LogP contribution in [0.3, 0.4) is 0 Å². The molecule has 15 rings (SSSR count). The molecule has 0 aliphatic heterocycles. The molecule has 6 heterocycles. The summed E-state index contributed by atoms with van der Waals surface area (Å²) in [4.78, 5) is 79.1. The highest BCUT2D eigenvalue weighted by molar-refractivity contribution is 14.1. The van der Waals surface area contributed by atoms with Gasteiger partial charge in [0.15, 0.2) is 0 Å². The van der Waals surface area contributed by atoms with Gasteiger partial charge in [-0.1, -0.05) is 133 Å². The number of halogens is 1.